The van der Waals surface area contributed by atoms with Crippen molar-refractivity contribution in [2.45, 2.75) is 32.4 Å². The van der Waals surface area contributed by atoms with Crippen molar-refractivity contribution >= 4 is 23.3 Å². The van der Waals surface area contributed by atoms with Crippen LogP contribution in [-0.4, -0.2) is 36.1 Å². The standard InChI is InChI=1S/C24H27N5O3/c1-17(23(30)28-19-10-7-11-20(14-19)29-12-5-6-13-29)27-24(31)26-16-22-25-15-21(32-22)18-8-3-2-4-9-18/h2-4,7-11,14-15,17H,5-6,12-13,16H2,1H3,(H,28,30)(H2,26,27,31). The Morgan fingerprint density at radius 2 is 1.88 bits per heavy atom. The van der Waals surface area contributed by atoms with E-state index in [0.717, 1.165) is 24.3 Å². The maximum Gasteiger partial charge on any atom is 0.315 e. The summed E-state index contributed by atoms with van der Waals surface area (Å²) in [5.41, 5.74) is 2.72. The maximum atomic E-state index is 12.5. The first-order chi connectivity index (χ1) is 15.6. The first-order valence-electron chi connectivity index (χ1n) is 10.8. The Labute approximate surface area is 187 Å². The van der Waals surface area contributed by atoms with Gasteiger partial charge in [0.05, 0.1) is 12.7 Å². The first-order valence-corrected chi connectivity index (χ1v) is 10.8. The predicted molar refractivity (Wildman–Crippen MR) is 123 cm³/mol. The lowest BCUT2D eigenvalue weighted by Gasteiger charge is -2.19. The second kappa shape index (κ2) is 10.00. The van der Waals surface area contributed by atoms with Crippen molar-refractivity contribution in [1.29, 1.82) is 0 Å². The predicted octanol–water partition coefficient (Wildman–Crippen LogP) is 3.77. The lowest BCUT2D eigenvalue weighted by atomic mass is 10.2. The minimum absolute atomic E-state index is 0.116. The summed E-state index contributed by atoms with van der Waals surface area (Å²) in [7, 11) is 0. The molecule has 8 nitrogen and oxygen atoms in total. The van der Waals surface area contributed by atoms with E-state index >= 15 is 0 Å². The van der Waals surface area contributed by atoms with E-state index in [9.17, 15) is 9.59 Å². The molecule has 4 rings (SSSR count). The van der Waals surface area contributed by atoms with Crippen LogP contribution >= 0.6 is 0 Å². The zero-order valence-electron chi connectivity index (χ0n) is 18.0. The van der Waals surface area contributed by atoms with Gasteiger partial charge in [-0.15, -0.1) is 0 Å². The van der Waals surface area contributed by atoms with Gasteiger partial charge in [0.15, 0.2) is 5.76 Å². The number of oxazole rings is 1. The highest BCUT2D eigenvalue weighted by molar-refractivity contribution is 5.97. The number of aromatic nitrogens is 1. The number of carbonyl (C=O) groups is 2. The fourth-order valence-corrected chi connectivity index (χ4v) is 3.60. The van der Waals surface area contributed by atoms with Crippen LogP contribution in [0, 0.1) is 0 Å². The number of hydrogen-bond donors (Lipinski definition) is 3. The van der Waals surface area contributed by atoms with Crippen LogP contribution < -0.4 is 20.9 Å². The Morgan fingerprint density at radius 3 is 2.66 bits per heavy atom. The Hall–Kier alpha value is -3.81. The number of benzene rings is 2. The summed E-state index contributed by atoms with van der Waals surface area (Å²) in [6, 6.07) is 16.2. The monoisotopic (exact) mass is 433 g/mol. The molecule has 32 heavy (non-hydrogen) atoms. The number of carbonyl (C=O) groups excluding carboxylic acids is 2. The summed E-state index contributed by atoms with van der Waals surface area (Å²) in [6.07, 6.45) is 4.00. The average Bonchev–Trinajstić information content (AvgIpc) is 3.51. The van der Waals surface area contributed by atoms with Crippen LogP contribution in [0.1, 0.15) is 25.7 Å². The molecule has 0 bridgehead atoms. The van der Waals surface area contributed by atoms with E-state index < -0.39 is 12.1 Å². The first kappa shape index (κ1) is 21.4. The zero-order valence-corrected chi connectivity index (χ0v) is 18.0. The molecule has 166 valence electrons. The molecule has 2 heterocycles. The Morgan fingerprint density at radius 1 is 1.09 bits per heavy atom. The lowest BCUT2D eigenvalue weighted by molar-refractivity contribution is -0.117. The highest BCUT2D eigenvalue weighted by atomic mass is 16.4. The minimum Gasteiger partial charge on any atom is -0.439 e. The van der Waals surface area contributed by atoms with E-state index in [1.165, 1.54) is 12.8 Å². The van der Waals surface area contributed by atoms with E-state index in [1.54, 1.807) is 13.1 Å². The van der Waals surface area contributed by atoms with Gasteiger partial charge in [-0.1, -0.05) is 36.4 Å². The molecule has 0 spiro atoms. The van der Waals surface area contributed by atoms with E-state index in [1.807, 2.05) is 54.6 Å². The highest BCUT2D eigenvalue weighted by Gasteiger charge is 2.17. The Balaban J connectivity index is 1.25. The minimum atomic E-state index is -0.713. The van der Waals surface area contributed by atoms with Gasteiger partial charge >= 0.3 is 6.03 Å². The number of nitrogens with one attached hydrogen (secondary N) is 3. The molecule has 1 atom stereocenters. The van der Waals surface area contributed by atoms with E-state index in [4.69, 9.17) is 4.42 Å². The maximum absolute atomic E-state index is 12.5. The SMILES string of the molecule is CC(NC(=O)NCc1ncc(-c2ccccc2)o1)C(=O)Nc1cccc(N2CCCC2)c1. The molecule has 2 aromatic carbocycles. The molecule has 1 saturated heterocycles. The molecule has 1 aromatic heterocycles. The summed E-state index contributed by atoms with van der Waals surface area (Å²) >= 11 is 0. The average molecular weight is 434 g/mol. The van der Waals surface area contributed by atoms with Crippen molar-refractivity contribution < 1.29 is 14.0 Å². The van der Waals surface area contributed by atoms with Gasteiger partial charge < -0.3 is 25.3 Å². The molecular formula is C24H27N5O3. The van der Waals surface area contributed by atoms with Crippen LogP contribution in [0.4, 0.5) is 16.2 Å². The summed E-state index contributed by atoms with van der Waals surface area (Å²) in [5.74, 6) is 0.725. The van der Waals surface area contributed by atoms with Gasteiger partial charge in [-0.3, -0.25) is 4.79 Å². The van der Waals surface area contributed by atoms with Gasteiger partial charge in [0.25, 0.3) is 0 Å². The van der Waals surface area contributed by atoms with Gasteiger partial charge in [0.2, 0.25) is 11.8 Å². The van der Waals surface area contributed by atoms with Crippen molar-refractivity contribution in [3.63, 3.8) is 0 Å². The number of amides is 3. The smallest absolute Gasteiger partial charge is 0.315 e. The molecule has 0 radical (unpaired) electrons. The fraction of sp³-hybridized carbons (Fsp3) is 0.292. The lowest BCUT2D eigenvalue weighted by Crippen LogP contribution is -2.46. The number of rotatable bonds is 7. The highest BCUT2D eigenvalue weighted by Crippen LogP contribution is 2.23. The van der Waals surface area contributed by atoms with Crippen LogP contribution in [0.3, 0.4) is 0 Å². The Bertz CT molecular complexity index is 1060. The summed E-state index contributed by atoms with van der Waals surface area (Å²) in [5, 5.41) is 8.17. The van der Waals surface area contributed by atoms with E-state index in [2.05, 4.69) is 25.8 Å². The Kier molecular flexibility index (Phi) is 6.69. The third kappa shape index (κ3) is 5.46. The topological polar surface area (TPSA) is 99.5 Å². The van der Waals surface area contributed by atoms with Crippen LogP contribution in [0.15, 0.2) is 65.2 Å². The van der Waals surface area contributed by atoms with Gasteiger partial charge in [-0.25, -0.2) is 9.78 Å². The molecule has 8 heteroatoms. The molecule has 1 unspecified atom stereocenters. The molecule has 1 aliphatic heterocycles. The van der Waals surface area contributed by atoms with Crippen LogP contribution in [-0.2, 0) is 11.3 Å². The van der Waals surface area contributed by atoms with E-state index in [0.29, 0.717) is 17.3 Å². The molecule has 1 aliphatic rings. The van der Waals surface area contributed by atoms with Gasteiger partial charge in [0, 0.05) is 30.0 Å². The van der Waals surface area contributed by atoms with Gasteiger partial charge in [0.1, 0.15) is 6.04 Å². The number of urea groups is 1. The molecule has 0 saturated carbocycles. The fourth-order valence-electron chi connectivity index (χ4n) is 3.60. The number of nitrogens with zero attached hydrogens (tertiary/aromatic N) is 2. The molecule has 0 aliphatic carbocycles. The third-order valence-corrected chi connectivity index (χ3v) is 5.34. The molecule has 3 amide bonds. The van der Waals surface area contributed by atoms with Crippen LogP contribution in [0.5, 0.6) is 0 Å². The van der Waals surface area contributed by atoms with Gasteiger partial charge in [-0.05, 0) is 38.0 Å². The largest absolute Gasteiger partial charge is 0.439 e. The second-order valence-electron chi connectivity index (χ2n) is 7.77. The zero-order chi connectivity index (χ0) is 22.3. The van der Waals surface area contributed by atoms with Gasteiger partial charge in [-0.2, -0.15) is 0 Å². The van der Waals surface area contributed by atoms with E-state index in [-0.39, 0.29) is 12.5 Å². The summed E-state index contributed by atoms with van der Waals surface area (Å²) in [4.78, 5) is 31.2. The van der Waals surface area contributed by atoms with Crippen molar-refractivity contribution in [1.82, 2.24) is 15.6 Å². The summed E-state index contributed by atoms with van der Waals surface area (Å²) < 4.78 is 5.67. The van der Waals surface area contributed by atoms with Crippen molar-refractivity contribution in [3.05, 3.63) is 66.7 Å². The van der Waals surface area contributed by atoms with Crippen molar-refractivity contribution in [2.75, 3.05) is 23.3 Å². The van der Waals surface area contributed by atoms with Crippen molar-refractivity contribution in [2.24, 2.45) is 0 Å². The number of anilines is 2. The van der Waals surface area contributed by atoms with Crippen LogP contribution in [0.25, 0.3) is 11.3 Å². The summed E-state index contributed by atoms with van der Waals surface area (Å²) in [6.45, 7) is 3.82. The third-order valence-electron chi connectivity index (χ3n) is 5.34. The normalized spacial score (nSPS) is 14.1. The van der Waals surface area contributed by atoms with Crippen LogP contribution in [0.2, 0.25) is 0 Å². The molecule has 3 aromatic rings. The molecule has 3 N–H and O–H groups in total. The second-order valence-corrected chi connectivity index (χ2v) is 7.77. The molecular weight excluding hydrogens is 406 g/mol. The quantitative estimate of drug-likeness (QED) is 0.527. The number of hydrogen-bond acceptors (Lipinski definition) is 5. The molecule has 1 fully saturated rings. The van der Waals surface area contributed by atoms with Crippen molar-refractivity contribution in [3.8, 4) is 11.3 Å².